The van der Waals surface area contributed by atoms with Gasteiger partial charge in [-0.25, -0.2) is 4.79 Å². The van der Waals surface area contributed by atoms with Crippen LogP contribution in [0.5, 0.6) is 0 Å². The van der Waals surface area contributed by atoms with E-state index in [-0.39, 0.29) is 18.0 Å². The van der Waals surface area contributed by atoms with Crippen molar-refractivity contribution in [2.24, 2.45) is 5.92 Å². The zero-order valence-corrected chi connectivity index (χ0v) is 16.9. The number of hydrogen-bond acceptors (Lipinski definition) is 5. The Morgan fingerprint density at radius 2 is 1.90 bits per heavy atom. The largest absolute Gasteiger partial charge is 0.449 e. The summed E-state index contributed by atoms with van der Waals surface area (Å²) < 4.78 is 5.18. The molecule has 2 amide bonds. The minimum Gasteiger partial charge on any atom is -0.449 e. The van der Waals surface area contributed by atoms with Gasteiger partial charge in [-0.15, -0.1) is 0 Å². The maximum Gasteiger partial charge on any atom is 0.407 e. The van der Waals surface area contributed by atoms with Gasteiger partial charge in [0.25, 0.3) is 5.91 Å². The molecule has 3 rings (SSSR count). The standard InChI is InChI=1S/C22H28N4O3/c1-15(2)14-29-22(28)24-17-11-12-26(13-17)18-9-7-16(8-10-18)21(27)25-20-6-4-3-5-19(20)23/h3-10,15,17H,11-14,23H2,1-2H3,(H,24,28)(H,25,27)/t17-/m0/s1. The fourth-order valence-corrected chi connectivity index (χ4v) is 3.19. The Bertz CT molecular complexity index is 851. The summed E-state index contributed by atoms with van der Waals surface area (Å²) in [5.74, 6) is 0.109. The zero-order chi connectivity index (χ0) is 20.8. The molecule has 1 fully saturated rings. The number of amides is 2. The van der Waals surface area contributed by atoms with E-state index < -0.39 is 0 Å². The molecule has 0 aromatic heterocycles. The molecule has 2 aromatic rings. The van der Waals surface area contributed by atoms with Crippen molar-refractivity contribution in [1.29, 1.82) is 0 Å². The van der Waals surface area contributed by atoms with E-state index in [9.17, 15) is 9.59 Å². The third kappa shape index (κ3) is 5.63. The number of anilines is 3. The monoisotopic (exact) mass is 396 g/mol. The molecule has 1 heterocycles. The molecule has 1 atom stereocenters. The molecular formula is C22H28N4O3. The highest BCUT2D eigenvalue weighted by Gasteiger charge is 2.24. The van der Waals surface area contributed by atoms with Gasteiger partial charge in [0.1, 0.15) is 0 Å². The van der Waals surface area contributed by atoms with Gasteiger partial charge >= 0.3 is 6.09 Å². The Morgan fingerprint density at radius 3 is 2.59 bits per heavy atom. The van der Waals surface area contributed by atoms with Crippen LogP contribution in [0.25, 0.3) is 0 Å². The summed E-state index contributed by atoms with van der Waals surface area (Å²) >= 11 is 0. The van der Waals surface area contributed by atoms with Crippen LogP contribution in [0.15, 0.2) is 48.5 Å². The van der Waals surface area contributed by atoms with E-state index in [4.69, 9.17) is 10.5 Å². The summed E-state index contributed by atoms with van der Waals surface area (Å²) in [7, 11) is 0. The Morgan fingerprint density at radius 1 is 1.17 bits per heavy atom. The molecule has 29 heavy (non-hydrogen) atoms. The Balaban J connectivity index is 1.53. The number of rotatable bonds is 6. The number of ether oxygens (including phenoxy) is 1. The highest BCUT2D eigenvalue weighted by molar-refractivity contribution is 6.05. The molecule has 0 spiro atoms. The topological polar surface area (TPSA) is 96.7 Å². The van der Waals surface area contributed by atoms with E-state index in [0.717, 1.165) is 18.7 Å². The van der Waals surface area contributed by atoms with Crippen LogP contribution in [0, 0.1) is 5.92 Å². The number of alkyl carbamates (subject to hydrolysis) is 1. The fraction of sp³-hybridized carbons (Fsp3) is 0.364. The van der Waals surface area contributed by atoms with Gasteiger partial charge < -0.3 is 26.0 Å². The quantitative estimate of drug-likeness (QED) is 0.650. The van der Waals surface area contributed by atoms with E-state index >= 15 is 0 Å². The normalized spacial score (nSPS) is 16.0. The Hall–Kier alpha value is -3.22. The number of nitrogens with two attached hydrogens (primary N) is 1. The molecule has 0 unspecified atom stereocenters. The van der Waals surface area contributed by atoms with Crippen molar-refractivity contribution in [2.75, 3.05) is 35.6 Å². The van der Waals surface area contributed by atoms with Gasteiger partial charge in [-0.2, -0.15) is 0 Å². The van der Waals surface area contributed by atoms with Crippen LogP contribution in [-0.2, 0) is 4.74 Å². The molecule has 1 saturated heterocycles. The van der Waals surface area contributed by atoms with E-state index in [1.165, 1.54) is 0 Å². The maximum atomic E-state index is 12.4. The van der Waals surface area contributed by atoms with Crippen LogP contribution in [-0.4, -0.2) is 37.7 Å². The molecule has 0 radical (unpaired) electrons. The number of hydrogen-bond donors (Lipinski definition) is 3. The van der Waals surface area contributed by atoms with Crippen molar-refractivity contribution in [3.8, 4) is 0 Å². The second-order valence-electron chi connectivity index (χ2n) is 7.66. The first kappa shape index (κ1) is 20.5. The van der Waals surface area contributed by atoms with Crippen LogP contribution < -0.4 is 21.3 Å². The summed E-state index contributed by atoms with van der Waals surface area (Å²) in [6.07, 6.45) is 0.490. The van der Waals surface area contributed by atoms with Crippen molar-refractivity contribution in [3.63, 3.8) is 0 Å². The first-order valence-electron chi connectivity index (χ1n) is 9.86. The second kappa shape index (κ2) is 9.32. The number of nitrogens with zero attached hydrogens (tertiary/aromatic N) is 1. The fourth-order valence-electron chi connectivity index (χ4n) is 3.19. The van der Waals surface area contributed by atoms with Crippen LogP contribution in [0.1, 0.15) is 30.6 Å². The lowest BCUT2D eigenvalue weighted by Crippen LogP contribution is -2.37. The maximum absolute atomic E-state index is 12.4. The first-order chi connectivity index (χ1) is 13.9. The minimum absolute atomic E-state index is 0.0543. The van der Waals surface area contributed by atoms with Crippen molar-refractivity contribution in [2.45, 2.75) is 26.3 Å². The van der Waals surface area contributed by atoms with Crippen molar-refractivity contribution in [1.82, 2.24) is 5.32 Å². The molecule has 0 aliphatic carbocycles. The molecule has 7 nitrogen and oxygen atoms in total. The van der Waals surface area contributed by atoms with E-state index in [0.29, 0.717) is 36.0 Å². The molecule has 7 heteroatoms. The Kier molecular flexibility index (Phi) is 6.59. The molecule has 0 saturated carbocycles. The second-order valence-corrected chi connectivity index (χ2v) is 7.66. The predicted octanol–water partition coefficient (Wildman–Crippen LogP) is 3.48. The predicted molar refractivity (Wildman–Crippen MR) is 115 cm³/mol. The van der Waals surface area contributed by atoms with Crippen LogP contribution >= 0.6 is 0 Å². The summed E-state index contributed by atoms with van der Waals surface area (Å²) in [6.45, 7) is 5.97. The summed E-state index contributed by atoms with van der Waals surface area (Å²) in [4.78, 5) is 26.5. The lowest BCUT2D eigenvalue weighted by molar-refractivity contribution is 0.102. The molecule has 154 valence electrons. The van der Waals surface area contributed by atoms with E-state index in [1.54, 1.807) is 24.3 Å². The molecule has 4 N–H and O–H groups in total. The van der Waals surface area contributed by atoms with Gasteiger partial charge in [-0.05, 0) is 48.7 Å². The summed E-state index contributed by atoms with van der Waals surface area (Å²) in [5, 5.41) is 5.74. The van der Waals surface area contributed by atoms with Gasteiger partial charge in [0.05, 0.1) is 24.0 Å². The van der Waals surface area contributed by atoms with Crippen molar-refractivity contribution < 1.29 is 14.3 Å². The lowest BCUT2D eigenvalue weighted by Gasteiger charge is -2.19. The number of para-hydroxylation sites is 2. The molecule has 0 bridgehead atoms. The number of benzene rings is 2. The average Bonchev–Trinajstić information content (AvgIpc) is 3.16. The van der Waals surface area contributed by atoms with Gasteiger partial charge in [-0.1, -0.05) is 26.0 Å². The van der Waals surface area contributed by atoms with Gasteiger partial charge in [0.15, 0.2) is 0 Å². The van der Waals surface area contributed by atoms with Crippen LogP contribution in [0.3, 0.4) is 0 Å². The SMILES string of the molecule is CC(C)COC(=O)N[C@H]1CCN(c2ccc(C(=O)Nc3ccccc3N)cc2)C1. The zero-order valence-electron chi connectivity index (χ0n) is 16.9. The van der Waals surface area contributed by atoms with Gasteiger partial charge in [0, 0.05) is 24.3 Å². The summed E-state index contributed by atoms with van der Waals surface area (Å²) in [6, 6.07) is 14.6. The first-order valence-corrected chi connectivity index (χ1v) is 9.86. The Labute approximate surface area is 171 Å². The average molecular weight is 396 g/mol. The highest BCUT2D eigenvalue weighted by Crippen LogP contribution is 2.22. The molecule has 1 aliphatic heterocycles. The van der Waals surface area contributed by atoms with Crippen molar-refractivity contribution >= 4 is 29.1 Å². The van der Waals surface area contributed by atoms with Crippen LogP contribution in [0.2, 0.25) is 0 Å². The van der Waals surface area contributed by atoms with Crippen LogP contribution in [0.4, 0.5) is 21.9 Å². The van der Waals surface area contributed by atoms with E-state index in [1.807, 2.05) is 38.1 Å². The number of nitrogen functional groups attached to an aromatic ring is 1. The number of carbonyl (C=O) groups is 2. The smallest absolute Gasteiger partial charge is 0.407 e. The third-order valence-corrected chi connectivity index (χ3v) is 4.76. The molecular weight excluding hydrogens is 368 g/mol. The summed E-state index contributed by atoms with van der Waals surface area (Å²) in [5.41, 5.74) is 8.57. The number of carbonyl (C=O) groups excluding carboxylic acids is 2. The van der Waals surface area contributed by atoms with Gasteiger partial charge in [0.2, 0.25) is 0 Å². The minimum atomic E-state index is -0.363. The highest BCUT2D eigenvalue weighted by atomic mass is 16.5. The molecule has 1 aliphatic rings. The lowest BCUT2D eigenvalue weighted by atomic mass is 10.1. The number of nitrogens with one attached hydrogen (secondary N) is 2. The van der Waals surface area contributed by atoms with Crippen molar-refractivity contribution in [3.05, 3.63) is 54.1 Å². The van der Waals surface area contributed by atoms with Gasteiger partial charge in [-0.3, -0.25) is 4.79 Å². The van der Waals surface area contributed by atoms with E-state index in [2.05, 4.69) is 15.5 Å². The molecule has 2 aromatic carbocycles. The third-order valence-electron chi connectivity index (χ3n) is 4.76.